The van der Waals surface area contributed by atoms with Gasteiger partial charge in [-0.1, -0.05) is 0 Å². The zero-order chi connectivity index (χ0) is 18.8. The van der Waals surface area contributed by atoms with Crippen molar-refractivity contribution in [2.45, 2.75) is 12.3 Å². The summed E-state index contributed by atoms with van der Waals surface area (Å²) in [5.74, 6) is -4.20. The Morgan fingerprint density at radius 1 is 1.22 bits per heavy atom. The van der Waals surface area contributed by atoms with Gasteiger partial charge in [-0.2, -0.15) is 5.10 Å². The van der Waals surface area contributed by atoms with E-state index in [-0.39, 0.29) is 0 Å². The number of imidazole rings is 1. The smallest absolute Gasteiger partial charge is 0.260 e. The molecular weight excluding hydrogens is 467 g/mol. The molecule has 1 atom stereocenters. The first-order valence-electron chi connectivity index (χ1n) is 8.23. The van der Waals surface area contributed by atoms with E-state index in [1.807, 2.05) is 18.2 Å². The van der Waals surface area contributed by atoms with Gasteiger partial charge in [-0.05, 0) is 59.0 Å². The molecule has 1 fully saturated rings. The summed E-state index contributed by atoms with van der Waals surface area (Å²) in [5.41, 5.74) is 3.53. The number of alkyl halides is 2. The van der Waals surface area contributed by atoms with Crippen LogP contribution >= 0.6 is 22.6 Å². The lowest BCUT2D eigenvalue weighted by Crippen LogP contribution is -2.17. The number of nitrogens with zero attached hydrogens (tertiary/aromatic N) is 2. The number of carbonyl (C=O) groups is 1. The van der Waals surface area contributed by atoms with E-state index < -0.39 is 24.2 Å². The van der Waals surface area contributed by atoms with Gasteiger partial charge in [0.1, 0.15) is 11.6 Å². The van der Waals surface area contributed by atoms with E-state index in [0.29, 0.717) is 17.2 Å². The molecule has 5 rings (SSSR count). The number of nitrogens with one attached hydrogen (secondary N) is 3. The monoisotopic (exact) mass is 479 g/mol. The van der Waals surface area contributed by atoms with Gasteiger partial charge < -0.3 is 10.3 Å². The number of hydrogen-bond donors (Lipinski definition) is 3. The number of fused-ring (bicyclic) bond motifs is 2. The summed E-state index contributed by atoms with van der Waals surface area (Å²) in [6.45, 7) is 0. The summed E-state index contributed by atoms with van der Waals surface area (Å²) in [7, 11) is 0. The van der Waals surface area contributed by atoms with Crippen LogP contribution in [0.3, 0.4) is 0 Å². The molecule has 2 heterocycles. The van der Waals surface area contributed by atoms with Crippen LogP contribution in [-0.2, 0) is 4.79 Å². The molecule has 1 aliphatic rings. The Balaban J connectivity index is 1.52. The molecule has 0 spiro atoms. The highest BCUT2D eigenvalue weighted by Gasteiger charge is 2.61. The van der Waals surface area contributed by atoms with Gasteiger partial charge in [0.15, 0.2) is 5.82 Å². The van der Waals surface area contributed by atoms with Crippen molar-refractivity contribution in [1.82, 2.24) is 20.2 Å². The van der Waals surface area contributed by atoms with Crippen LogP contribution in [0.15, 0.2) is 36.4 Å². The molecule has 27 heavy (non-hydrogen) atoms. The van der Waals surface area contributed by atoms with Gasteiger partial charge in [0, 0.05) is 21.1 Å². The third-order valence-corrected chi connectivity index (χ3v) is 5.31. The van der Waals surface area contributed by atoms with Crippen LogP contribution in [0, 0.1) is 9.49 Å². The molecule has 1 saturated carbocycles. The highest BCUT2D eigenvalue weighted by Crippen LogP contribution is 2.49. The summed E-state index contributed by atoms with van der Waals surface area (Å²) in [4.78, 5) is 19.7. The number of rotatable bonds is 3. The molecule has 1 unspecified atom stereocenters. The maximum absolute atomic E-state index is 13.1. The molecule has 0 aliphatic heterocycles. The number of aromatic amines is 2. The number of amides is 1. The van der Waals surface area contributed by atoms with Crippen molar-refractivity contribution in [3.05, 3.63) is 40.0 Å². The molecule has 0 bridgehead atoms. The van der Waals surface area contributed by atoms with Crippen molar-refractivity contribution in [3.8, 4) is 11.5 Å². The fraction of sp³-hybridized carbons (Fsp3) is 0.167. The van der Waals surface area contributed by atoms with Crippen molar-refractivity contribution in [2.24, 2.45) is 5.92 Å². The van der Waals surface area contributed by atoms with Gasteiger partial charge in [0.2, 0.25) is 5.91 Å². The number of halogens is 3. The first kappa shape index (κ1) is 16.6. The molecule has 0 radical (unpaired) electrons. The molecule has 1 amide bonds. The number of anilines is 1. The number of H-pyrrole nitrogens is 2. The van der Waals surface area contributed by atoms with E-state index in [1.54, 1.807) is 18.2 Å². The summed E-state index contributed by atoms with van der Waals surface area (Å²) < 4.78 is 27.2. The maximum atomic E-state index is 13.1. The van der Waals surface area contributed by atoms with Crippen molar-refractivity contribution in [3.63, 3.8) is 0 Å². The second-order valence-electron chi connectivity index (χ2n) is 6.59. The minimum Gasteiger partial charge on any atom is -0.337 e. The van der Waals surface area contributed by atoms with Gasteiger partial charge in [0.05, 0.1) is 16.6 Å². The van der Waals surface area contributed by atoms with Crippen LogP contribution in [0.25, 0.3) is 33.5 Å². The Kier molecular flexibility index (Phi) is 3.51. The second kappa shape index (κ2) is 5.72. The van der Waals surface area contributed by atoms with E-state index in [4.69, 9.17) is 0 Å². The zero-order valence-electron chi connectivity index (χ0n) is 13.7. The lowest BCUT2D eigenvalue weighted by atomic mass is 10.1. The van der Waals surface area contributed by atoms with Crippen molar-refractivity contribution < 1.29 is 13.6 Å². The van der Waals surface area contributed by atoms with Crippen LogP contribution < -0.4 is 5.32 Å². The quantitative estimate of drug-likeness (QED) is 0.383. The number of carbonyl (C=O) groups excluding carboxylic acids is 1. The zero-order valence-corrected chi connectivity index (χ0v) is 15.8. The second-order valence-corrected chi connectivity index (χ2v) is 7.83. The third-order valence-electron chi connectivity index (χ3n) is 4.64. The fourth-order valence-corrected chi connectivity index (χ4v) is 3.58. The summed E-state index contributed by atoms with van der Waals surface area (Å²) >= 11 is 2.23. The van der Waals surface area contributed by atoms with E-state index in [1.165, 1.54) is 0 Å². The summed E-state index contributed by atoms with van der Waals surface area (Å²) in [5, 5.41) is 10.5. The van der Waals surface area contributed by atoms with Crippen molar-refractivity contribution >= 4 is 56.1 Å². The standard InChI is InChI=1S/C18H12F2IN5O/c19-18(20)7-11(18)17(27)22-9-2-4-12-10(6-9)15(26-25-12)16-23-13-3-1-8(21)5-14(13)24-16/h1-6,11H,7H2,(H,22,27)(H,23,24)(H,25,26). The van der Waals surface area contributed by atoms with Crippen LogP contribution in [0.1, 0.15) is 6.42 Å². The molecular formula is C18H12F2IN5O. The minimum atomic E-state index is -2.89. The Hall–Kier alpha value is -2.56. The van der Waals surface area contributed by atoms with Gasteiger partial charge in [-0.3, -0.25) is 9.89 Å². The maximum Gasteiger partial charge on any atom is 0.260 e. The molecule has 2 aromatic carbocycles. The molecule has 0 saturated heterocycles. The van der Waals surface area contributed by atoms with Crippen molar-refractivity contribution in [1.29, 1.82) is 0 Å². The predicted molar refractivity (Wildman–Crippen MR) is 106 cm³/mol. The molecule has 1 aliphatic carbocycles. The molecule has 136 valence electrons. The van der Waals surface area contributed by atoms with E-state index in [9.17, 15) is 13.6 Å². The Bertz CT molecular complexity index is 1220. The Labute approximate surface area is 164 Å². The van der Waals surface area contributed by atoms with Gasteiger partial charge >= 0.3 is 0 Å². The van der Waals surface area contributed by atoms with Crippen LogP contribution in [0.4, 0.5) is 14.5 Å². The SMILES string of the molecule is O=C(Nc1ccc2[nH]nc(-c3nc4ccc(I)cc4[nH]3)c2c1)C1CC1(F)F. The predicted octanol–water partition coefficient (Wildman–Crippen LogP) is 4.30. The summed E-state index contributed by atoms with van der Waals surface area (Å²) in [6.07, 6.45) is -0.393. The lowest BCUT2D eigenvalue weighted by molar-refractivity contribution is -0.119. The average molecular weight is 479 g/mol. The Morgan fingerprint density at radius 2 is 2.04 bits per heavy atom. The van der Waals surface area contributed by atoms with E-state index in [0.717, 1.165) is 25.5 Å². The molecule has 9 heteroatoms. The van der Waals surface area contributed by atoms with Gasteiger partial charge in [-0.25, -0.2) is 13.8 Å². The first-order valence-corrected chi connectivity index (χ1v) is 9.31. The van der Waals surface area contributed by atoms with Crippen molar-refractivity contribution in [2.75, 3.05) is 5.32 Å². The summed E-state index contributed by atoms with van der Waals surface area (Å²) in [6, 6.07) is 11.0. The minimum absolute atomic E-state index is 0.393. The van der Waals surface area contributed by atoms with Gasteiger partial charge in [-0.15, -0.1) is 0 Å². The van der Waals surface area contributed by atoms with E-state index in [2.05, 4.69) is 48.1 Å². The Morgan fingerprint density at radius 3 is 2.81 bits per heavy atom. The number of hydrogen-bond acceptors (Lipinski definition) is 3. The van der Waals surface area contributed by atoms with Crippen LogP contribution in [0.2, 0.25) is 0 Å². The number of aromatic nitrogens is 4. The molecule has 3 N–H and O–H groups in total. The van der Waals surface area contributed by atoms with Crippen LogP contribution in [-0.4, -0.2) is 32.0 Å². The number of benzene rings is 2. The topological polar surface area (TPSA) is 86.5 Å². The van der Waals surface area contributed by atoms with Gasteiger partial charge in [0.25, 0.3) is 5.92 Å². The largest absolute Gasteiger partial charge is 0.337 e. The third kappa shape index (κ3) is 2.85. The molecule has 6 nitrogen and oxygen atoms in total. The lowest BCUT2D eigenvalue weighted by Gasteiger charge is -2.05. The van der Waals surface area contributed by atoms with Crippen LogP contribution in [0.5, 0.6) is 0 Å². The highest BCUT2D eigenvalue weighted by molar-refractivity contribution is 14.1. The molecule has 4 aromatic rings. The normalized spacial score (nSPS) is 18.1. The highest BCUT2D eigenvalue weighted by atomic mass is 127. The average Bonchev–Trinajstić information content (AvgIpc) is 2.98. The molecule has 2 aromatic heterocycles. The first-order chi connectivity index (χ1) is 12.9. The van der Waals surface area contributed by atoms with E-state index >= 15 is 0 Å². The fourth-order valence-electron chi connectivity index (χ4n) is 3.09.